The second-order valence-electron chi connectivity index (χ2n) is 19.2. The molecule has 14 rings (SSSR count). The molecule has 0 aliphatic carbocycles. The monoisotopic (exact) mass is 1260 g/mol. The van der Waals surface area contributed by atoms with Crippen molar-refractivity contribution in [2.24, 2.45) is 0 Å². The first kappa shape index (κ1) is 61.2. The average Bonchev–Trinajstić information content (AvgIpc) is 3.72. The molecule has 2 fully saturated rings. The van der Waals surface area contributed by atoms with Crippen molar-refractivity contribution in [1.82, 2.24) is 63.9 Å². The molecule has 434 valence electrons. The molecule has 2 atom stereocenters. The lowest BCUT2D eigenvalue weighted by molar-refractivity contribution is 0.255. The van der Waals surface area contributed by atoms with E-state index in [0.717, 1.165) is 108 Å². The number of aliphatic hydroxyl groups excluding tert-OH is 2. The van der Waals surface area contributed by atoms with Gasteiger partial charge in [-0.15, -0.1) is 46.4 Å². The lowest BCUT2D eigenvalue weighted by Gasteiger charge is -2.23. The number of hydrogen-bond donors (Lipinski definition) is 6. The maximum absolute atomic E-state index is 9.72. The van der Waals surface area contributed by atoms with Gasteiger partial charge in [0.2, 0.25) is 16.5 Å². The van der Waals surface area contributed by atoms with E-state index in [9.17, 15) is 5.11 Å². The molecule has 0 amide bonds. The molecule has 3 aromatic carbocycles. The maximum atomic E-state index is 9.72. The lowest BCUT2D eigenvalue weighted by Crippen LogP contribution is -2.33. The third kappa shape index (κ3) is 15.1. The molecule has 2 aliphatic heterocycles. The first-order chi connectivity index (χ1) is 40.4. The second-order valence-corrected chi connectivity index (χ2v) is 22.9. The van der Waals surface area contributed by atoms with Crippen LogP contribution in [0.25, 0.3) is 47.7 Å². The molecule has 7 N–H and O–H groups in total. The summed E-state index contributed by atoms with van der Waals surface area (Å²) in [4.78, 5) is 41.1. The summed E-state index contributed by atoms with van der Waals surface area (Å²) in [5, 5.41) is 35.0. The third-order valence-electron chi connectivity index (χ3n) is 13.3. The van der Waals surface area contributed by atoms with Crippen LogP contribution in [0.3, 0.4) is 0 Å². The van der Waals surface area contributed by atoms with Gasteiger partial charge >= 0.3 is 0 Å². The molecule has 0 spiro atoms. The molecule has 11 heterocycles. The molecule has 2 saturated heterocycles. The minimum atomic E-state index is 0. The zero-order valence-corrected chi connectivity index (χ0v) is 51.3. The highest BCUT2D eigenvalue weighted by molar-refractivity contribution is 7.18. The van der Waals surface area contributed by atoms with Crippen molar-refractivity contribution in [3.05, 3.63) is 177 Å². The Hall–Kier alpha value is -7.35. The minimum absolute atomic E-state index is 0. The van der Waals surface area contributed by atoms with Crippen molar-refractivity contribution in [2.45, 2.75) is 58.5 Å². The number of aliphatic hydroxyl groups is 2. The Morgan fingerprint density at radius 1 is 0.571 bits per heavy atom. The van der Waals surface area contributed by atoms with Crippen LogP contribution in [0.1, 0.15) is 42.4 Å². The summed E-state index contributed by atoms with van der Waals surface area (Å²) >= 11 is 22.3. The predicted octanol–water partition coefficient (Wildman–Crippen LogP) is 13.4. The molecular weight excluding hydrogens is 1200 g/mol. The van der Waals surface area contributed by atoms with Crippen LogP contribution in [0.5, 0.6) is 0 Å². The molecule has 0 saturated carbocycles. The number of thiophene rings is 3. The van der Waals surface area contributed by atoms with E-state index in [1.54, 1.807) is 47.9 Å². The van der Waals surface area contributed by atoms with Gasteiger partial charge in [-0.25, -0.2) is 34.9 Å². The summed E-state index contributed by atoms with van der Waals surface area (Å²) in [6, 6.07) is 30.5. The van der Waals surface area contributed by atoms with Crippen molar-refractivity contribution in [2.75, 3.05) is 47.6 Å². The Kier molecular flexibility index (Phi) is 21.1. The number of nitrogens with one attached hydrogen (secondary N) is 3. The SMILES string of the molecule is Cc1csc2c(Cl)nc(Cl)nc12.Cc1csc2c(Nc3cn(-c4ccccc4)cn3)nc(Cl)nc12.Cc1csc2c(Nc3cn(-c4ccccc4)cn3)nc(N3CCC[C@H]3CO)nc12.Cl.Nc1cn(-c2ccccc2)cn1.OC[C@@H]1CCCN1. The zero-order chi connectivity index (χ0) is 57.8. The number of hydrogen-bond acceptors (Lipinski definition) is 19. The molecule has 9 aromatic heterocycles. The largest absolute Gasteiger partial charge is 0.395 e. The van der Waals surface area contributed by atoms with Crippen LogP contribution in [-0.4, -0.2) is 107 Å². The number of nitrogen functional groups attached to an aromatic ring is 1. The molecule has 2 aliphatic rings. The van der Waals surface area contributed by atoms with Gasteiger partial charge in [0.15, 0.2) is 16.8 Å². The van der Waals surface area contributed by atoms with Gasteiger partial charge < -0.3 is 50.5 Å². The number of fused-ring (bicyclic) bond motifs is 3. The number of aromatic nitrogens is 12. The van der Waals surface area contributed by atoms with Crippen LogP contribution in [0.2, 0.25) is 15.7 Å². The average molecular weight is 1260 g/mol. The second kappa shape index (κ2) is 29.0. The van der Waals surface area contributed by atoms with Crippen molar-refractivity contribution >= 4 is 147 Å². The van der Waals surface area contributed by atoms with Gasteiger partial charge in [-0.2, -0.15) is 9.97 Å². The summed E-state index contributed by atoms with van der Waals surface area (Å²) in [7, 11) is 0. The number of para-hydroxylation sites is 3. The first-order valence-electron chi connectivity index (χ1n) is 26.4. The fourth-order valence-corrected chi connectivity index (χ4v) is 12.5. The quantitative estimate of drug-likeness (QED) is 0.0551. The van der Waals surface area contributed by atoms with Crippen molar-refractivity contribution in [3.63, 3.8) is 0 Å². The smallest absolute Gasteiger partial charge is 0.228 e. The van der Waals surface area contributed by atoms with Gasteiger partial charge in [0.25, 0.3) is 0 Å². The fraction of sp³-hybridized carbons (Fsp3) is 0.224. The van der Waals surface area contributed by atoms with E-state index in [4.69, 9.17) is 55.6 Å². The van der Waals surface area contributed by atoms with Crippen LogP contribution in [-0.2, 0) is 0 Å². The van der Waals surface area contributed by atoms with Crippen molar-refractivity contribution in [1.29, 1.82) is 0 Å². The fourth-order valence-electron chi connectivity index (χ4n) is 9.08. The van der Waals surface area contributed by atoms with Crippen LogP contribution in [0.15, 0.2) is 145 Å². The number of imidazole rings is 3. The van der Waals surface area contributed by atoms with E-state index < -0.39 is 0 Å². The van der Waals surface area contributed by atoms with E-state index >= 15 is 0 Å². The summed E-state index contributed by atoms with van der Waals surface area (Å²) in [5.74, 6) is 4.07. The summed E-state index contributed by atoms with van der Waals surface area (Å²) in [6.07, 6.45) is 15.3. The highest BCUT2D eigenvalue weighted by Gasteiger charge is 2.28. The van der Waals surface area contributed by atoms with Crippen LogP contribution in [0, 0.1) is 20.8 Å². The molecular formula is C58H59Cl4N17O2S3. The Morgan fingerprint density at radius 2 is 1.05 bits per heavy atom. The van der Waals surface area contributed by atoms with E-state index in [-0.39, 0.29) is 35.6 Å². The third-order valence-corrected chi connectivity index (χ3v) is 17.3. The Morgan fingerprint density at radius 3 is 1.52 bits per heavy atom. The molecule has 0 bridgehead atoms. The van der Waals surface area contributed by atoms with Gasteiger partial charge in [-0.3, -0.25) is 0 Å². The molecule has 19 nitrogen and oxygen atoms in total. The topological polar surface area (TPSA) is 237 Å². The Labute approximate surface area is 517 Å². The summed E-state index contributed by atoms with van der Waals surface area (Å²) in [5.41, 5.74) is 14.6. The maximum Gasteiger partial charge on any atom is 0.228 e. The standard InChI is InChI=1S/C21H22N6OS.C16H12ClN5S.C9H9N3.C7H4Cl2N2S.C5H11NO.ClH/c1-14-12-29-19-18(14)24-21(27-9-5-8-16(27)11-28)25-20(19)23-17-10-26(13-22-17)15-6-3-2-4-7-15;1-10-8-23-14-13(10)20-16(17)21-15(14)19-12-7-22(9-18-12)11-5-3-2-4-6-11;10-9-6-12(7-11-9)8-4-2-1-3-5-8;1-3-2-12-5-4(3)10-7(9)11-6(5)8;7-4-5-2-1-3-6-5;/h2-4,6-7,10,12-13,16,28H,5,8-9,11H2,1H3,(H,23,24,25);2-9H,1H3,(H,19,20,21);1-7H,10H2;2H,1H3;5-7H,1-4H2;1H/t16-;;;;5-;/m0...0./s1. The molecule has 12 aromatic rings. The number of aryl methyl sites for hydroxylation is 3. The van der Waals surface area contributed by atoms with Gasteiger partial charge in [-0.1, -0.05) is 66.2 Å². The van der Waals surface area contributed by atoms with E-state index in [0.29, 0.717) is 41.2 Å². The molecule has 26 heteroatoms. The highest BCUT2D eigenvalue weighted by Crippen LogP contribution is 2.36. The molecule has 0 unspecified atom stereocenters. The number of nitrogens with two attached hydrogens (primary N) is 1. The van der Waals surface area contributed by atoms with E-state index in [1.165, 1.54) is 17.8 Å². The van der Waals surface area contributed by atoms with Gasteiger partial charge in [-0.05, 0) is 145 Å². The number of anilines is 6. The Bertz CT molecular complexity index is 4040. The van der Waals surface area contributed by atoms with Gasteiger partial charge in [0, 0.05) is 29.6 Å². The Balaban J connectivity index is 0.000000136. The normalized spacial score (nSPS) is 14.4. The lowest BCUT2D eigenvalue weighted by atomic mass is 10.2. The number of rotatable bonds is 10. The van der Waals surface area contributed by atoms with E-state index in [1.807, 2.05) is 142 Å². The number of nitrogens with zero attached hydrogens (tertiary/aromatic N) is 13. The van der Waals surface area contributed by atoms with Crippen molar-refractivity contribution < 1.29 is 10.2 Å². The van der Waals surface area contributed by atoms with Crippen LogP contribution >= 0.6 is 81.2 Å². The predicted molar refractivity (Wildman–Crippen MR) is 346 cm³/mol. The number of halogens is 4. The van der Waals surface area contributed by atoms with Crippen LogP contribution in [0.4, 0.5) is 35.0 Å². The highest BCUT2D eigenvalue weighted by atomic mass is 35.5. The van der Waals surface area contributed by atoms with Crippen molar-refractivity contribution in [3.8, 4) is 17.1 Å². The van der Waals surface area contributed by atoms with Crippen LogP contribution < -0.4 is 26.6 Å². The first-order valence-corrected chi connectivity index (χ1v) is 30.2. The minimum Gasteiger partial charge on any atom is -0.395 e. The summed E-state index contributed by atoms with van der Waals surface area (Å²) < 4.78 is 8.70. The van der Waals surface area contributed by atoms with Gasteiger partial charge in [0.05, 0.1) is 68.5 Å². The molecule has 84 heavy (non-hydrogen) atoms. The zero-order valence-electron chi connectivity index (χ0n) is 45.7. The number of benzene rings is 3. The van der Waals surface area contributed by atoms with Gasteiger partial charge in [0.1, 0.15) is 36.4 Å². The molecule has 0 radical (unpaired) electrons. The summed E-state index contributed by atoms with van der Waals surface area (Å²) in [6.45, 7) is 8.42. The van der Waals surface area contributed by atoms with E-state index in [2.05, 4.69) is 68.0 Å².